The third-order valence-corrected chi connectivity index (χ3v) is 4.66. The number of anilines is 1. The molecule has 0 unspecified atom stereocenters. The molecule has 0 radical (unpaired) electrons. The molecule has 1 N–H and O–H groups in total. The molecule has 0 saturated heterocycles. The van der Waals surface area contributed by atoms with Crippen molar-refractivity contribution in [1.82, 2.24) is 0 Å². The van der Waals surface area contributed by atoms with Crippen LogP contribution < -0.4 is 5.32 Å². The van der Waals surface area contributed by atoms with E-state index >= 15 is 0 Å². The van der Waals surface area contributed by atoms with Gasteiger partial charge >= 0.3 is 0 Å². The Bertz CT molecular complexity index is 1330. The van der Waals surface area contributed by atoms with E-state index in [9.17, 15) is 30.3 Å². The summed E-state index contributed by atoms with van der Waals surface area (Å²) in [6.07, 6.45) is 1.14. The standard InChI is InChI=1S/C20H10Cl2N4O6/c21-12-1-4-15(18(8-12)26(30)31)19-6-3-14(32-19)7-11(10-23)20(27)24-17-5-2-13(25(28)29)9-16(17)22/h1-9H,(H,24,27)/b11-7+. The highest BCUT2D eigenvalue weighted by Crippen LogP contribution is 2.34. The third kappa shape index (κ3) is 4.92. The smallest absolute Gasteiger partial charge is 0.281 e. The van der Waals surface area contributed by atoms with Crippen molar-refractivity contribution >= 4 is 52.2 Å². The molecule has 0 atom stereocenters. The Morgan fingerprint density at radius 2 is 1.81 bits per heavy atom. The zero-order valence-corrected chi connectivity index (χ0v) is 17.3. The van der Waals surface area contributed by atoms with E-state index < -0.39 is 15.8 Å². The lowest BCUT2D eigenvalue weighted by atomic mass is 10.1. The molecule has 0 aliphatic rings. The normalized spacial score (nSPS) is 11.0. The SMILES string of the molecule is N#C/C(=C\c1ccc(-c2ccc(Cl)cc2[N+](=O)[O-])o1)C(=O)Nc1ccc([N+](=O)[O-])cc1Cl. The molecule has 0 fully saturated rings. The topological polar surface area (TPSA) is 152 Å². The number of nitriles is 1. The molecule has 0 spiro atoms. The van der Waals surface area contributed by atoms with Crippen molar-refractivity contribution in [2.24, 2.45) is 0 Å². The van der Waals surface area contributed by atoms with Gasteiger partial charge in [-0.15, -0.1) is 0 Å². The van der Waals surface area contributed by atoms with Crippen molar-refractivity contribution in [2.75, 3.05) is 5.32 Å². The first-order chi connectivity index (χ1) is 15.2. The van der Waals surface area contributed by atoms with Crippen molar-refractivity contribution in [2.45, 2.75) is 0 Å². The van der Waals surface area contributed by atoms with E-state index in [1.165, 1.54) is 36.4 Å². The number of non-ortho nitro benzene ring substituents is 1. The number of halogens is 2. The first kappa shape index (κ1) is 22.5. The Hall–Kier alpha value is -4.20. The average Bonchev–Trinajstić information content (AvgIpc) is 3.21. The van der Waals surface area contributed by atoms with Gasteiger partial charge in [-0.25, -0.2) is 0 Å². The molecular formula is C20H10Cl2N4O6. The summed E-state index contributed by atoms with van der Waals surface area (Å²) in [7, 11) is 0. The quantitative estimate of drug-likeness (QED) is 0.211. The number of benzene rings is 2. The van der Waals surface area contributed by atoms with E-state index in [0.29, 0.717) is 0 Å². The second-order valence-electron chi connectivity index (χ2n) is 6.17. The summed E-state index contributed by atoms with van der Waals surface area (Å²) in [5.74, 6) is -0.611. The van der Waals surface area contributed by atoms with Crippen LogP contribution >= 0.6 is 23.2 Å². The summed E-state index contributed by atoms with van der Waals surface area (Å²) in [4.78, 5) is 33.2. The van der Waals surface area contributed by atoms with Crippen molar-refractivity contribution in [3.8, 4) is 17.4 Å². The number of furan rings is 1. The molecule has 10 nitrogen and oxygen atoms in total. The van der Waals surface area contributed by atoms with Gasteiger partial charge < -0.3 is 9.73 Å². The monoisotopic (exact) mass is 472 g/mol. The Balaban J connectivity index is 1.86. The fraction of sp³-hybridized carbons (Fsp3) is 0. The lowest BCUT2D eigenvalue weighted by Gasteiger charge is -2.06. The zero-order valence-electron chi connectivity index (χ0n) is 15.7. The highest BCUT2D eigenvalue weighted by molar-refractivity contribution is 6.34. The van der Waals surface area contributed by atoms with Crippen LogP contribution in [0.15, 0.2) is 58.5 Å². The first-order valence-electron chi connectivity index (χ1n) is 8.61. The minimum atomic E-state index is -0.835. The molecule has 1 heterocycles. The van der Waals surface area contributed by atoms with E-state index in [1.807, 2.05) is 0 Å². The highest BCUT2D eigenvalue weighted by Gasteiger charge is 2.19. The number of nitro benzene ring substituents is 2. The van der Waals surface area contributed by atoms with Crippen molar-refractivity contribution < 1.29 is 19.1 Å². The summed E-state index contributed by atoms with van der Waals surface area (Å²) in [6.45, 7) is 0. The fourth-order valence-electron chi connectivity index (χ4n) is 2.64. The van der Waals surface area contributed by atoms with Gasteiger partial charge in [0.05, 0.1) is 26.1 Å². The second-order valence-corrected chi connectivity index (χ2v) is 7.01. The van der Waals surface area contributed by atoms with Gasteiger partial charge in [0.1, 0.15) is 23.2 Å². The summed E-state index contributed by atoms with van der Waals surface area (Å²) in [5.41, 5.74) is -0.650. The van der Waals surface area contributed by atoms with E-state index in [0.717, 1.165) is 18.2 Å². The largest absolute Gasteiger partial charge is 0.456 e. The van der Waals surface area contributed by atoms with Crippen LogP contribution in [0.2, 0.25) is 10.0 Å². The van der Waals surface area contributed by atoms with Gasteiger partial charge in [0.15, 0.2) is 0 Å². The van der Waals surface area contributed by atoms with Crippen LogP contribution in [0.1, 0.15) is 5.76 Å². The maximum Gasteiger partial charge on any atom is 0.281 e. The van der Waals surface area contributed by atoms with Gasteiger partial charge in [0.2, 0.25) is 0 Å². The van der Waals surface area contributed by atoms with Gasteiger partial charge in [-0.3, -0.25) is 25.0 Å². The highest BCUT2D eigenvalue weighted by atomic mass is 35.5. The van der Waals surface area contributed by atoms with Crippen LogP contribution in [0.5, 0.6) is 0 Å². The lowest BCUT2D eigenvalue weighted by Crippen LogP contribution is -2.13. The molecule has 3 rings (SSSR count). The number of nitro groups is 2. The van der Waals surface area contributed by atoms with Crippen LogP contribution in [0.25, 0.3) is 17.4 Å². The molecule has 2 aromatic carbocycles. The van der Waals surface area contributed by atoms with Gasteiger partial charge in [0.25, 0.3) is 17.3 Å². The summed E-state index contributed by atoms with van der Waals surface area (Å²) in [6, 6.07) is 12.1. The Morgan fingerprint density at radius 3 is 2.44 bits per heavy atom. The summed E-state index contributed by atoms with van der Waals surface area (Å²) in [5, 5.41) is 33.9. The molecular weight excluding hydrogens is 463 g/mol. The van der Waals surface area contributed by atoms with Crippen molar-refractivity contribution in [3.05, 3.63) is 90.1 Å². The molecule has 1 aromatic heterocycles. The van der Waals surface area contributed by atoms with E-state index in [1.54, 1.807) is 6.07 Å². The predicted octanol–water partition coefficient (Wildman–Crippen LogP) is 5.62. The summed E-state index contributed by atoms with van der Waals surface area (Å²) >= 11 is 11.8. The van der Waals surface area contributed by atoms with E-state index in [2.05, 4.69) is 5.32 Å². The Labute approximate surface area is 189 Å². The Morgan fingerprint density at radius 1 is 1.06 bits per heavy atom. The number of carbonyl (C=O) groups is 1. The predicted molar refractivity (Wildman–Crippen MR) is 116 cm³/mol. The van der Waals surface area contributed by atoms with Crippen molar-refractivity contribution in [1.29, 1.82) is 5.26 Å². The molecule has 0 aliphatic carbocycles. The Kier molecular flexibility index (Phi) is 6.53. The van der Waals surface area contributed by atoms with Gasteiger partial charge in [-0.1, -0.05) is 23.2 Å². The maximum atomic E-state index is 12.4. The molecule has 160 valence electrons. The van der Waals surface area contributed by atoms with Crippen LogP contribution in [0.3, 0.4) is 0 Å². The number of hydrogen-bond donors (Lipinski definition) is 1. The van der Waals surface area contributed by atoms with Crippen LogP contribution in [-0.4, -0.2) is 15.8 Å². The molecule has 0 saturated carbocycles. The molecule has 0 aliphatic heterocycles. The third-order valence-electron chi connectivity index (χ3n) is 4.11. The van der Waals surface area contributed by atoms with E-state index in [-0.39, 0.29) is 49.8 Å². The average molecular weight is 473 g/mol. The summed E-state index contributed by atoms with van der Waals surface area (Å²) < 4.78 is 5.54. The number of amides is 1. The molecule has 12 heteroatoms. The minimum Gasteiger partial charge on any atom is -0.456 e. The van der Waals surface area contributed by atoms with Crippen molar-refractivity contribution in [3.63, 3.8) is 0 Å². The first-order valence-corrected chi connectivity index (χ1v) is 9.36. The number of rotatable bonds is 6. The van der Waals surface area contributed by atoms with Crippen LogP contribution in [-0.2, 0) is 4.79 Å². The lowest BCUT2D eigenvalue weighted by molar-refractivity contribution is -0.384. The molecule has 3 aromatic rings. The fourth-order valence-corrected chi connectivity index (χ4v) is 3.03. The number of carbonyl (C=O) groups excluding carboxylic acids is 1. The van der Waals surface area contributed by atoms with Crippen LogP contribution in [0, 0.1) is 31.6 Å². The van der Waals surface area contributed by atoms with Gasteiger partial charge in [-0.05, 0) is 30.3 Å². The molecule has 1 amide bonds. The van der Waals surface area contributed by atoms with Gasteiger partial charge in [-0.2, -0.15) is 5.26 Å². The molecule has 0 bridgehead atoms. The minimum absolute atomic E-state index is 0.0698. The number of hydrogen-bond acceptors (Lipinski definition) is 7. The molecule has 32 heavy (non-hydrogen) atoms. The maximum absolute atomic E-state index is 12.4. The van der Waals surface area contributed by atoms with E-state index in [4.69, 9.17) is 27.6 Å². The van der Waals surface area contributed by atoms with Gasteiger partial charge in [0, 0.05) is 29.3 Å². The number of nitrogens with zero attached hydrogens (tertiary/aromatic N) is 3. The van der Waals surface area contributed by atoms with Crippen LogP contribution in [0.4, 0.5) is 17.1 Å². The second kappa shape index (κ2) is 9.30. The zero-order chi connectivity index (χ0) is 23.4. The number of nitrogens with one attached hydrogen (secondary N) is 1.